The van der Waals surface area contributed by atoms with E-state index in [1.807, 2.05) is 12.3 Å². The Hall–Kier alpha value is -1.09. The average molecular weight is 217 g/mol. The van der Waals surface area contributed by atoms with Gasteiger partial charge in [0.1, 0.15) is 5.82 Å². The molecule has 1 atom stereocenters. The van der Waals surface area contributed by atoms with Gasteiger partial charge in [-0.2, -0.15) is 0 Å². The molecule has 0 radical (unpaired) electrons. The zero-order chi connectivity index (χ0) is 10.8. The summed E-state index contributed by atoms with van der Waals surface area (Å²) in [5.74, 6) is 1.15. The predicted octanol–water partition coefficient (Wildman–Crippen LogP) is 1.80. The van der Waals surface area contributed by atoms with Crippen LogP contribution in [0.2, 0.25) is 0 Å². The molecule has 0 spiro atoms. The molecule has 86 valence electrons. The minimum atomic E-state index is 0.669. The molecule has 1 aliphatic heterocycles. The Bertz CT molecular complexity index is 328. The zero-order valence-corrected chi connectivity index (χ0v) is 9.60. The zero-order valence-electron chi connectivity index (χ0n) is 9.60. The second-order valence-electron chi connectivity index (χ2n) is 4.86. The van der Waals surface area contributed by atoms with Crippen LogP contribution in [0.3, 0.4) is 0 Å². The van der Waals surface area contributed by atoms with Gasteiger partial charge in [-0.15, -0.1) is 0 Å². The predicted molar refractivity (Wildman–Crippen MR) is 65.6 cm³/mol. The summed E-state index contributed by atoms with van der Waals surface area (Å²) < 4.78 is 0. The van der Waals surface area contributed by atoms with Crippen molar-refractivity contribution in [2.24, 2.45) is 0 Å². The Kier molecular flexibility index (Phi) is 2.79. The third-order valence-corrected chi connectivity index (χ3v) is 3.51. The summed E-state index contributed by atoms with van der Waals surface area (Å²) in [6.07, 6.45) is 7.21. The molecule has 1 saturated carbocycles. The number of aromatic nitrogens is 1. The van der Waals surface area contributed by atoms with Crippen LogP contribution in [0.15, 0.2) is 24.4 Å². The Morgan fingerprint density at radius 3 is 2.88 bits per heavy atom. The normalized spacial score (nSPS) is 24.6. The molecule has 0 aromatic carbocycles. The third-order valence-electron chi connectivity index (χ3n) is 3.51. The van der Waals surface area contributed by atoms with Gasteiger partial charge in [-0.25, -0.2) is 4.98 Å². The van der Waals surface area contributed by atoms with Gasteiger partial charge in [0.25, 0.3) is 0 Å². The number of hydrogen-bond donors (Lipinski definition) is 1. The monoisotopic (exact) mass is 217 g/mol. The summed E-state index contributed by atoms with van der Waals surface area (Å²) in [5, 5.41) is 3.57. The van der Waals surface area contributed by atoms with Gasteiger partial charge in [-0.3, -0.25) is 0 Å². The van der Waals surface area contributed by atoms with Crippen molar-refractivity contribution in [1.29, 1.82) is 0 Å². The van der Waals surface area contributed by atoms with Crippen LogP contribution >= 0.6 is 0 Å². The number of hydrogen-bond acceptors (Lipinski definition) is 3. The van der Waals surface area contributed by atoms with Gasteiger partial charge in [0.15, 0.2) is 0 Å². The summed E-state index contributed by atoms with van der Waals surface area (Å²) in [7, 11) is 0. The van der Waals surface area contributed by atoms with Gasteiger partial charge in [-0.05, 0) is 44.4 Å². The molecule has 1 aromatic rings. The van der Waals surface area contributed by atoms with Crippen LogP contribution in [0.1, 0.15) is 25.7 Å². The Labute approximate surface area is 96.9 Å². The molecule has 2 aliphatic rings. The van der Waals surface area contributed by atoms with Crippen LogP contribution in [0.4, 0.5) is 5.82 Å². The number of rotatable bonds is 4. The first-order chi connectivity index (χ1) is 7.93. The molecule has 3 heteroatoms. The molecule has 0 bridgehead atoms. The third kappa shape index (κ3) is 2.19. The van der Waals surface area contributed by atoms with Crippen molar-refractivity contribution in [3.05, 3.63) is 24.4 Å². The highest BCUT2D eigenvalue weighted by Gasteiger charge is 2.31. The Morgan fingerprint density at radius 2 is 2.25 bits per heavy atom. The van der Waals surface area contributed by atoms with Gasteiger partial charge >= 0.3 is 0 Å². The second-order valence-corrected chi connectivity index (χ2v) is 4.86. The Balaban J connectivity index is 1.71. The molecular weight excluding hydrogens is 198 g/mol. The van der Waals surface area contributed by atoms with E-state index in [2.05, 4.69) is 27.3 Å². The maximum Gasteiger partial charge on any atom is 0.128 e. The van der Waals surface area contributed by atoms with Crippen LogP contribution in [0.5, 0.6) is 0 Å². The lowest BCUT2D eigenvalue weighted by Crippen LogP contribution is -2.39. The quantitative estimate of drug-likeness (QED) is 0.833. The molecule has 1 unspecified atom stereocenters. The summed E-state index contributed by atoms with van der Waals surface area (Å²) in [4.78, 5) is 6.97. The molecule has 1 aromatic heterocycles. The van der Waals surface area contributed by atoms with Gasteiger partial charge in [0.2, 0.25) is 0 Å². The summed E-state index contributed by atoms with van der Waals surface area (Å²) in [5.41, 5.74) is 0. The molecule has 0 amide bonds. The summed E-state index contributed by atoms with van der Waals surface area (Å²) >= 11 is 0. The molecule has 16 heavy (non-hydrogen) atoms. The molecule has 1 saturated heterocycles. The molecule has 3 nitrogen and oxygen atoms in total. The maximum atomic E-state index is 4.48. The fourth-order valence-electron chi connectivity index (χ4n) is 2.49. The fourth-order valence-corrected chi connectivity index (χ4v) is 2.49. The van der Waals surface area contributed by atoms with E-state index in [1.54, 1.807) is 0 Å². The minimum Gasteiger partial charge on any atom is -0.352 e. The lowest BCUT2D eigenvalue weighted by molar-refractivity contribution is 0.575. The summed E-state index contributed by atoms with van der Waals surface area (Å²) in [6, 6.07) is 7.62. The standard InChI is InChI=1S/C13H19N3/c1-2-8-15-13(5-1)16(12-6-7-12)10-11-4-3-9-14-11/h1-2,5,8,11-12,14H,3-4,6-7,9-10H2. The smallest absolute Gasteiger partial charge is 0.128 e. The number of pyridine rings is 1. The van der Waals surface area contributed by atoms with E-state index in [9.17, 15) is 0 Å². The van der Waals surface area contributed by atoms with E-state index >= 15 is 0 Å². The topological polar surface area (TPSA) is 28.2 Å². The highest BCUT2D eigenvalue weighted by Crippen LogP contribution is 2.31. The molecule has 1 N–H and O–H groups in total. The highest BCUT2D eigenvalue weighted by atomic mass is 15.2. The van der Waals surface area contributed by atoms with Crippen molar-refractivity contribution in [2.75, 3.05) is 18.0 Å². The molecule has 2 heterocycles. The van der Waals surface area contributed by atoms with Crippen LogP contribution in [-0.2, 0) is 0 Å². The lowest BCUT2D eigenvalue weighted by atomic mass is 10.2. The van der Waals surface area contributed by atoms with Crippen molar-refractivity contribution in [2.45, 2.75) is 37.8 Å². The van der Waals surface area contributed by atoms with Crippen molar-refractivity contribution < 1.29 is 0 Å². The largest absolute Gasteiger partial charge is 0.352 e. The van der Waals surface area contributed by atoms with Gasteiger partial charge in [0, 0.05) is 24.8 Å². The molecular formula is C13H19N3. The van der Waals surface area contributed by atoms with E-state index in [1.165, 1.54) is 32.2 Å². The van der Waals surface area contributed by atoms with Crippen LogP contribution in [0.25, 0.3) is 0 Å². The van der Waals surface area contributed by atoms with Crippen LogP contribution in [-0.4, -0.2) is 30.2 Å². The van der Waals surface area contributed by atoms with Crippen LogP contribution < -0.4 is 10.2 Å². The molecule has 3 rings (SSSR count). The SMILES string of the molecule is c1ccc(N(CC2CCCN2)C2CC2)nc1. The van der Waals surface area contributed by atoms with Crippen molar-refractivity contribution >= 4 is 5.82 Å². The number of nitrogens with one attached hydrogen (secondary N) is 1. The van der Waals surface area contributed by atoms with Crippen molar-refractivity contribution in [3.63, 3.8) is 0 Å². The second kappa shape index (κ2) is 4.42. The maximum absolute atomic E-state index is 4.48. The van der Waals surface area contributed by atoms with Gasteiger partial charge < -0.3 is 10.2 Å². The van der Waals surface area contributed by atoms with Crippen molar-refractivity contribution in [3.8, 4) is 0 Å². The van der Waals surface area contributed by atoms with E-state index in [0.29, 0.717) is 6.04 Å². The average Bonchev–Trinajstić information content (AvgIpc) is 3.05. The van der Waals surface area contributed by atoms with E-state index in [-0.39, 0.29) is 0 Å². The first-order valence-corrected chi connectivity index (χ1v) is 6.34. The van der Waals surface area contributed by atoms with E-state index in [0.717, 1.165) is 18.4 Å². The molecule has 2 fully saturated rings. The number of nitrogens with zero attached hydrogens (tertiary/aromatic N) is 2. The van der Waals surface area contributed by atoms with E-state index < -0.39 is 0 Å². The first kappa shape index (κ1) is 10.1. The Morgan fingerprint density at radius 1 is 1.31 bits per heavy atom. The highest BCUT2D eigenvalue weighted by molar-refractivity contribution is 5.41. The lowest BCUT2D eigenvalue weighted by Gasteiger charge is -2.26. The fraction of sp³-hybridized carbons (Fsp3) is 0.615. The number of anilines is 1. The minimum absolute atomic E-state index is 0.669. The molecule has 1 aliphatic carbocycles. The van der Waals surface area contributed by atoms with Crippen molar-refractivity contribution in [1.82, 2.24) is 10.3 Å². The van der Waals surface area contributed by atoms with Crippen LogP contribution in [0, 0.1) is 0 Å². The van der Waals surface area contributed by atoms with Gasteiger partial charge in [-0.1, -0.05) is 6.07 Å². The van der Waals surface area contributed by atoms with Gasteiger partial charge in [0.05, 0.1) is 0 Å². The summed E-state index contributed by atoms with van der Waals surface area (Å²) in [6.45, 7) is 2.31. The first-order valence-electron chi connectivity index (χ1n) is 6.34. The van der Waals surface area contributed by atoms with E-state index in [4.69, 9.17) is 0 Å².